The maximum atomic E-state index is 4.15. The Balaban J connectivity index is 2.10. The molecule has 0 N–H and O–H groups in total. The van der Waals surface area contributed by atoms with Gasteiger partial charge in [-0.1, -0.05) is 12.1 Å². The van der Waals surface area contributed by atoms with Gasteiger partial charge in [-0.15, -0.1) is 10.2 Å². The molecule has 0 saturated heterocycles. The maximum absolute atomic E-state index is 4.15. The van der Waals surface area contributed by atoms with E-state index in [2.05, 4.69) is 37.1 Å². The van der Waals surface area contributed by atoms with Crippen molar-refractivity contribution in [1.82, 2.24) is 9.97 Å². The molecule has 0 aliphatic rings. The molecule has 6 heteroatoms. The van der Waals surface area contributed by atoms with Gasteiger partial charge < -0.3 is 0 Å². The zero-order valence-corrected chi connectivity index (χ0v) is 10.2. The predicted octanol–water partition coefficient (Wildman–Crippen LogP) is 2.49. The van der Waals surface area contributed by atoms with E-state index in [9.17, 15) is 0 Å². The Morgan fingerprint density at radius 3 is 2.47 bits per heavy atom. The zero-order chi connectivity index (χ0) is 13.3. The number of nitrogens with zero attached hydrogens (tertiary/aromatic N) is 6. The number of azo groups is 1. The van der Waals surface area contributed by atoms with Gasteiger partial charge in [-0.3, -0.25) is 9.97 Å². The lowest BCUT2D eigenvalue weighted by atomic mass is 10.3. The third kappa shape index (κ3) is 3.88. The summed E-state index contributed by atoms with van der Waals surface area (Å²) >= 11 is 0. The van der Waals surface area contributed by atoms with Gasteiger partial charge in [0.1, 0.15) is 12.2 Å². The SMILES string of the molecule is C=N/N=C(\N=NCc1ccccn1)c1ccccn1. The Hall–Kier alpha value is -2.76. The maximum Gasteiger partial charge on any atom is 0.221 e. The number of hydrogen-bond acceptors (Lipinski definition) is 5. The van der Waals surface area contributed by atoms with E-state index in [0.717, 1.165) is 5.69 Å². The first-order valence-corrected chi connectivity index (χ1v) is 5.62. The van der Waals surface area contributed by atoms with Gasteiger partial charge in [0, 0.05) is 19.1 Å². The average Bonchev–Trinajstić information content (AvgIpc) is 2.48. The van der Waals surface area contributed by atoms with E-state index < -0.39 is 0 Å². The largest absolute Gasteiger partial charge is 0.259 e. The molecule has 2 rings (SSSR count). The smallest absolute Gasteiger partial charge is 0.221 e. The van der Waals surface area contributed by atoms with Gasteiger partial charge in [0.05, 0.1) is 5.69 Å². The molecule has 0 aliphatic carbocycles. The molecule has 6 nitrogen and oxygen atoms in total. The number of rotatable bonds is 4. The van der Waals surface area contributed by atoms with Crippen LogP contribution in [0.15, 0.2) is 69.2 Å². The summed E-state index contributed by atoms with van der Waals surface area (Å²) < 4.78 is 0. The Labute approximate surface area is 110 Å². The normalized spacial score (nSPS) is 11.7. The lowest BCUT2D eigenvalue weighted by molar-refractivity contribution is 0.919. The summed E-state index contributed by atoms with van der Waals surface area (Å²) in [6.45, 7) is 3.69. The van der Waals surface area contributed by atoms with E-state index in [0.29, 0.717) is 18.1 Å². The van der Waals surface area contributed by atoms with Crippen molar-refractivity contribution in [1.29, 1.82) is 0 Å². The van der Waals surface area contributed by atoms with Crippen molar-refractivity contribution in [3.8, 4) is 0 Å². The minimum absolute atomic E-state index is 0.325. The van der Waals surface area contributed by atoms with Gasteiger partial charge in [0.25, 0.3) is 0 Å². The average molecular weight is 252 g/mol. The third-order valence-corrected chi connectivity index (χ3v) is 2.18. The second-order valence-electron chi connectivity index (χ2n) is 3.50. The number of amidine groups is 1. The van der Waals surface area contributed by atoms with Crippen molar-refractivity contribution < 1.29 is 0 Å². The van der Waals surface area contributed by atoms with Crippen LogP contribution >= 0.6 is 0 Å². The van der Waals surface area contributed by atoms with Crippen LogP contribution in [0, 0.1) is 0 Å². The Morgan fingerprint density at radius 2 is 1.84 bits per heavy atom. The first-order chi connectivity index (χ1) is 9.40. The monoisotopic (exact) mass is 252 g/mol. The Morgan fingerprint density at radius 1 is 1.05 bits per heavy atom. The highest BCUT2D eigenvalue weighted by molar-refractivity contribution is 5.97. The van der Waals surface area contributed by atoms with E-state index in [-0.39, 0.29) is 0 Å². The fourth-order valence-corrected chi connectivity index (χ4v) is 1.35. The molecule has 2 aromatic rings. The molecular weight excluding hydrogens is 240 g/mol. The van der Waals surface area contributed by atoms with Crippen molar-refractivity contribution in [3.05, 3.63) is 60.2 Å². The molecule has 0 unspecified atom stereocenters. The van der Waals surface area contributed by atoms with Gasteiger partial charge in [-0.2, -0.15) is 10.2 Å². The summed E-state index contributed by atoms with van der Waals surface area (Å²) in [7, 11) is 0. The molecule has 2 heterocycles. The highest BCUT2D eigenvalue weighted by atomic mass is 15.3. The summed E-state index contributed by atoms with van der Waals surface area (Å²) in [5.41, 5.74) is 1.43. The molecular formula is C13H12N6. The molecule has 19 heavy (non-hydrogen) atoms. The summed E-state index contributed by atoms with van der Waals surface area (Å²) in [5, 5.41) is 15.3. The van der Waals surface area contributed by atoms with Crippen molar-refractivity contribution >= 4 is 12.6 Å². The van der Waals surface area contributed by atoms with Crippen LogP contribution in [0.5, 0.6) is 0 Å². The Kier molecular flexibility index (Phi) is 4.58. The van der Waals surface area contributed by atoms with Crippen LogP contribution in [-0.2, 0) is 6.54 Å². The molecule has 0 aromatic carbocycles. The van der Waals surface area contributed by atoms with Gasteiger partial charge in [0.2, 0.25) is 5.84 Å². The van der Waals surface area contributed by atoms with Crippen molar-refractivity contribution in [2.45, 2.75) is 6.54 Å². The summed E-state index contributed by atoms with van der Waals surface area (Å²) in [5.74, 6) is 0.325. The molecule has 0 radical (unpaired) electrons. The lowest BCUT2D eigenvalue weighted by Gasteiger charge is -1.96. The van der Waals surface area contributed by atoms with Crippen LogP contribution in [0.1, 0.15) is 11.4 Å². The molecule has 0 saturated carbocycles. The number of pyridine rings is 2. The minimum Gasteiger partial charge on any atom is -0.259 e. The van der Waals surface area contributed by atoms with Crippen molar-refractivity contribution in [3.63, 3.8) is 0 Å². The highest BCUT2D eigenvalue weighted by Crippen LogP contribution is 2.02. The van der Waals surface area contributed by atoms with Crippen molar-refractivity contribution in [2.24, 2.45) is 20.4 Å². The van der Waals surface area contributed by atoms with Gasteiger partial charge in [0.15, 0.2) is 0 Å². The lowest BCUT2D eigenvalue weighted by Crippen LogP contribution is -1.99. The van der Waals surface area contributed by atoms with Gasteiger partial charge in [-0.25, -0.2) is 0 Å². The molecule has 0 aliphatic heterocycles. The van der Waals surface area contributed by atoms with Gasteiger partial charge >= 0.3 is 0 Å². The van der Waals surface area contributed by atoms with Crippen molar-refractivity contribution in [2.75, 3.05) is 0 Å². The topological polar surface area (TPSA) is 75.2 Å². The molecule has 0 amide bonds. The van der Waals surface area contributed by atoms with Crippen LogP contribution in [0.4, 0.5) is 0 Å². The molecule has 0 bridgehead atoms. The van der Waals surface area contributed by atoms with E-state index in [1.807, 2.05) is 30.3 Å². The zero-order valence-electron chi connectivity index (χ0n) is 10.2. The van der Waals surface area contributed by atoms with Crippen LogP contribution in [0.3, 0.4) is 0 Å². The van der Waals surface area contributed by atoms with Gasteiger partial charge in [-0.05, 0) is 24.3 Å². The first kappa shape index (κ1) is 12.7. The quantitative estimate of drug-likeness (QED) is 0.363. The fraction of sp³-hybridized carbons (Fsp3) is 0.0769. The predicted molar refractivity (Wildman–Crippen MR) is 73.1 cm³/mol. The molecule has 0 atom stereocenters. The minimum atomic E-state index is 0.325. The number of hydrogen-bond donors (Lipinski definition) is 0. The molecule has 2 aromatic heterocycles. The van der Waals surface area contributed by atoms with Crippen LogP contribution < -0.4 is 0 Å². The first-order valence-electron chi connectivity index (χ1n) is 5.62. The van der Waals surface area contributed by atoms with E-state index in [4.69, 9.17) is 0 Å². The molecule has 0 spiro atoms. The Bertz CT molecular complexity index is 577. The third-order valence-electron chi connectivity index (χ3n) is 2.18. The fourth-order valence-electron chi connectivity index (χ4n) is 1.35. The summed E-state index contributed by atoms with van der Waals surface area (Å²) in [4.78, 5) is 8.28. The summed E-state index contributed by atoms with van der Waals surface area (Å²) in [6.07, 6.45) is 3.37. The number of aromatic nitrogens is 2. The highest BCUT2D eigenvalue weighted by Gasteiger charge is 2.02. The van der Waals surface area contributed by atoms with E-state index in [1.165, 1.54) is 0 Å². The van der Waals surface area contributed by atoms with Crippen LogP contribution in [-0.4, -0.2) is 22.5 Å². The summed E-state index contributed by atoms with van der Waals surface area (Å²) in [6, 6.07) is 11.1. The second kappa shape index (κ2) is 6.85. The van der Waals surface area contributed by atoms with Crippen LogP contribution in [0.2, 0.25) is 0 Å². The van der Waals surface area contributed by atoms with Crippen LogP contribution in [0.25, 0.3) is 0 Å². The van der Waals surface area contributed by atoms with E-state index in [1.54, 1.807) is 18.5 Å². The molecule has 0 fully saturated rings. The second-order valence-corrected chi connectivity index (χ2v) is 3.50. The molecule has 94 valence electrons. The van der Waals surface area contributed by atoms with E-state index >= 15 is 0 Å². The standard InChI is InChI=1S/C13H12N6/c1-14-18-13(12-7-3-5-9-16-12)19-17-10-11-6-2-4-8-15-11/h2-9H,1,10H2/b18-13-,19-17?.